The first kappa shape index (κ1) is 24.7. The van der Waals surface area contributed by atoms with Crippen LogP contribution in [0.5, 0.6) is 0 Å². The highest BCUT2D eigenvalue weighted by Crippen LogP contribution is 2.15. The molecule has 0 radical (unpaired) electrons. The fourth-order valence-corrected chi connectivity index (χ4v) is 2.70. The molecule has 2 rings (SSSR count). The molecular formula is C24H32N4O4. The summed E-state index contributed by atoms with van der Waals surface area (Å²) in [7, 11) is 3.89. The maximum atomic E-state index is 12.4. The minimum absolute atomic E-state index is 0.153. The summed E-state index contributed by atoms with van der Waals surface area (Å²) in [6.45, 7) is 5.88. The van der Waals surface area contributed by atoms with Crippen molar-refractivity contribution in [2.75, 3.05) is 30.9 Å². The van der Waals surface area contributed by atoms with E-state index in [2.05, 4.69) is 16.0 Å². The average Bonchev–Trinajstić information content (AvgIpc) is 2.72. The number of anilines is 2. The molecule has 0 aliphatic carbocycles. The van der Waals surface area contributed by atoms with Gasteiger partial charge in [-0.3, -0.25) is 9.59 Å². The zero-order chi connectivity index (χ0) is 23.7. The van der Waals surface area contributed by atoms with Gasteiger partial charge in [-0.2, -0.15) is 0 Å². The van der Waals surface area contributed by atoms with E-state index in [0.717, 1.165) is 11.3 Å². The maximum absolute atomic E-state index is 12.4. The number of ether oxygens (including phenoxy) is 1. The van der Waals surface area contributed by atoms with Crippen molar-refractivity contribution in [1.82, 2.24) is 10.6 Å². The summed E-state index contributed by atoms with van der Waals surface area (Å²) in [5, 5.41) is 8.21. The van der Waals surface area contributed by atoms with E-state index in [-0.39, 0.29) is 24.8 Å². The molecule has 172 valence electrons. The second-order valence-electron chi connectivity index (χ2n) is 8.55. The standard InChI is InChI=1S/C24H32N4O4/c1-24(2,3)32-23(31)25-15-14-21(29)26-16-17-6-10-19(11-7-17)27-22(30)18-8-12-20(13-9-18)28(4)5/h6-13H,14-16H2,1-5H3,(H,25,31)(H,26,29)(H,27,30). The zero-order valence-electron chi connectivity index (χ0n) is 19.3. The van der Waals surface area contributed by atoms with E-state index in [4.69, 9.17) is 4.74 Å². The number of carbonyl (C=O) groups is 3. The van der Waals surface area contributed by atoms with E-state index < -0.39 is 11.7 Å². The number of nitrogens with one attached hydrogen (secondary N) is 3. The van der Waals surface area contributed by atoms with E-state index in [1.54, 1.807) is 45.0 Å². The third-order valence-electron chi connectivity index (χ3n) is 4.37. The van der Waals surface area contributed by atoms with Gasteiger partial charge in [0.05, 0.1) is 0 Å². The van der Waals surface area contributed by atoms with Gasteiger partial charge in [0.25, 0.3) is 5.91 Å². The van der Waals surface area contributed by atoms with Crippen LogP contribution in [0.3, 0.4) is 0 Å². The van der Waals surface area contributed by atoms with Gasteiger partial charge in [0.1, 0.15) is 5.60 Å². The van der Waals surface area contributed by atoms with Crippen molar-refractivity contribution in [3.63, 3.8) is 0 Å². The summed E-state index contributed by atoms with van der Waals surface area (Å²) in [4.78, 5) is 37.9. The van der Waals surface area contributed by atoms with Crippen molar-refractivity contribution < 1.29 is 19.1 Å². The molecule has 0 bridgehead atoms. The molecule has 2 aromatic rings. The predicted molar refractivity (Wildman–Crippen MR) is 126 cm³/mol. The summed E-state index contributed by atoms with van der Waals surface area (Å²) >= 11 is 0. The smallest absolute Gasteiger partial charge is 0.407 e. The Kier molecular flexibility index (Phi) is 8.63. The van der Waals surface area contributed by atoms with Gasteiger partial charge in [0, 0.05) is 50.5 Å². The molecule has 0 aliphatic rings. The van der Waals surface area contributed by atoms with Crippen LogP contribution in [0.2, 0.25) is 0 Å². The van der Waals surface area contributed by atoms with Crippen molar-refractivity contribution in [3.8, 4) is 0 Å². The molecule has 3 amide bonds. The Morgan fingerprint density at radius 1 is 0.906 bits per heavy atom. The first-order chi connectivity index (χ1) is 15.0. The lowest BCUT2D eigenvalue weighted by Crippen LogP contribution is -2.35. The van der Waals surface area contributed by atoms with E-state index in [1.807, 2.05) is 43.3 Å². The van der Waals surface area contributed by atoms with E-state index in [1.165, 1.54) is 0 Å². The van der Waals surface area contributed by atoms with Crippen LogP contribution in [0.25, 0.3) is 0 Å². The number of rotatable bonds is 8. The van der Waals surface area contributed by atoms with Crippen LogP contribution >= 0.6 is 0 Å². The third kappa shape index (κ3) is 8.67. The van der Waals surface area contributed by atoms with Crippen molar-refractivity contribution in [1.29, 1.82) is 0 Å². The first-order valence-corrected chi connectivity index (χ1v) is 10.4. The van der Waals surface area contributed by atoms with Crippen LogP contribution in [0.4, 0.5) is 16.2 Å². The largest absolute Gasteiger partial charge is 0.444 e. The summed E-state index contributed by atoms with van der Waals surface area (Å²) in [5.41, 5.74) is 2.59. The van der Waals surface area contributed by atoms with Gasteiger partial charge in [-0.25, -0.2) is 4.79 Å². The Balaban J connectivity index is 1.74. The van der Waals surface area contributed by atoms with Crippen LogP contribution < -0.4 is 20.9 Å². The molecule has 0 saturated heterocycles. The van der Waals surface area contributed by atoms with Crippen molar-refractivity contribution in [2.24, 2.45) is 0 Å². The molecule has 0 aliphatic heterocycles. The Morgan fingerprint density at radius 2 is 1.53 bits per heavy atom. The lowest BCUT2D eigenvalue weighted by atomic mass is 10.1. The van der Waals surface area contributed by atoms with Gasteiger partial charge >= 0.3 is 6.09 Å². The maximum Gasteiger partial charge on any atom is 0.407 e. The molecule has 0 fully saturated rings. The SMILES string of the molecule is CN(C)c1ccc(C(=O)Nc2ccc(CNC(=O)CCNC(=O)OC(C)(C)C)cc2)cc1. The number of hydrogen-bond acceptors (Lipinski definition) is 5. The Morgan fingerprint density at radius 3 is 2.09 bits per heavy atom. The number of alkyl carbamates (subject to hydrolysis) is 1. The summed E-state index contributed by atoms with van der Waals surface area (Å²) in [6, 6.07) is 14.6. The molecule has 0 aromatic heterocycles. The Bertz CT molecular complexity index is 917. The molecule has 8 heteroatoms. The molecule has 32 heavy (non-hydrogen) atoms. The van der Waals surface area contributed by atoms with Gasteiger partial charge in [-0.15, -0.1) is 0 Å². The fraction of sp³-hybridized carbons (Fsp3) is 0.375. The van der Waals surface area contributed by atoms with Crippen molar-refractivity contribution in [3.05, 3.63) is 59.7 Å². The van der Waals surface area contributed by atoms with Gasteiger partial charge in [0.15, 0.2) is 0 Å². The van der Waals surface area contributed by atoms with E-state index >= 15 is 0 Å². The molecule has 0 heterocycles. The highest BCUT2D eigenvalue weighted by molar-refractivity contribution is 6.04. The minimum Gasteiger partial charge on any atom is -0.444 e. The highest BCUT2D eigenvalue weighted by atomic mass is 16.6. The van der Waals surface area contributed by atoms with Crippen molar-refractivity contribution >= 4 is 29.3 Å². The molecule has 2 aromatic carbocycles. The second kappa shape index (κ2) is 11.2. The van der Waals surface area contributed by atoms with Gasteiger partial charge in [0.2, 0.25) is 5.91 Å². The molecule has 0 spiro atoms. The van der Waals surface area contributed by atoms with Crippen LogP contribution in [-0.2, 0) is 16.1 Å². The van der Waals surface area contributed by atoms with Crippen LogP contribution in [0.15, 0.2) is 48.5 Å². The van der Waals surface area contributed by atoms with E-state index in [9.17, 15) is 14.4 Å². The molecule has 8 nitrogen and oxygen atoms in total. The quantitative estimate of drug-likeness (QED) is 0.583. The lowest BCUT2D eigenvalue weighted by molar-refractivity contribution is -0.121. The topological polar surface area (TPSA) is 99.8 Å². The molecule has 0 saturated carbocycles. The first-order valence-electron chi connectivity index (χ1n) is 10.4. The third-order valence-corrected chi connectivity index (χ3v) is 4.37. The Hall–Kier alpha value is -3.55. The molecule has 0 unspecified atom stereocenters. The Labute approximate surface area is 189 Å². The molecule has 0 atom stereocenters. The second-order valence-corrected chi connectivity index (χ2v) is 8.55. The van der Waals surface area contributed by atoms with Gasteiger partial charge in [-0.05, 0) is 62.7 Å². The number of hydrogen-bond donors (Lipinski definition) is 3. The highest BCUT2D eigenvalue weighted by Gasteiger charge is 2.15. The van der Waals surface area contributed by atoms with E-state index in [0.29, 0.717) is 17.8 Å². The zero-order valence-corrected chi connectivity index (χ0v) is 19.3. The number of nitrogens with zero attached hydrogens (tertiary/aromatic N) is 1. The lowest BCUT2D eigenvalue weighted by Gasteiger charge is -2.19. The van der Waals surface area contributed by atoms with Crippen LogP contribution in [0.1, 0.15) is 43.1 Å². The molecule has 3 N–H and O–H groups in total. The minimum atomic E-state index is -0.575. The summed E-state index contributed by atoms with van der Waals surface area (Å²) < 4.78 is 5.12. The predicted octanol–water partition coefficient (Wildman–Crippen LogP) is 3.54. The molecular weight excluding hydrogens is 408 g/mol. The summed E-state index contributed by atoms with van der Waals surface area (Å²) in [6.07, 6.45) is -0.392. The van der Waals surface area contributed by atoms with Crippen LogP contribution in [0, 0.1) is 0 Å². The van der Waals surface area contributed by atoms with Crippen LogP contribution in [-0.4, -0.2) is 44.1 Å². The number of benzene rings is 2. The monoisotopic (exact) mass is 440 g/mol. The van der Waals surface area contributed by atoms with Gasteiger partial charge < -0.3 is 25.6 Å². The van der Waals surface area contributed by atoms with Gasteiger partial charge in [-0.1, -0.05) is 12.1 Å². The van der Waals surface area contributed by atoms with Crippen molar-refractivity contribution in [2.45, 2.75) is 39.3 Å². The normalized spacial score (nSPS) is 10.8. The average molecular weight is 441 g/mol. The number of carbonyl (C=O) groups excluding carboxylic acids is 3. The number of amides is 3. The summed E-state index contributed by atoms with van der Waals surface area (Å²) in [5.74, 6) is -0.367. The fourth-order valence-electron chi connectivity index (χ4n) is 2.70.